The minimum absolute atomic E-state index is 0.843. The van der Waals surface area contributed by atoms with Crippen LogP contribution in [0.1, 0.15) is 33.1 Å². The Kier molecular flexibility index (Phi) is 5.64. The second-order valence-electron chi connectivity index (χ2n) is 5.85. The Morgan fingerprint density at radius 3 is 3.06 bits per heavy atom. The monoisotopic (exact) mass is 256 g/mol. The molecule has 3 unspecified atom stereocenters. The van der Waals surface area contributed by atoms with E-state index in [1.165, 1.54) is 57.7 Å². The highest BCUT2D eigenvalue weighted by Crippen LogP contribution is 2.24. The third-order valence-electron chi connectivity index (χ3n) is 4.37. The minimum Gasteiger partial charge on any atom is -0.316 e. The lowest BCUT2D eigenvalue weighted by Crippen LogP contribution is -2.39. The summed E-state index contributed by atoms with van der Waals surface area (Å²) in [4.78, 5) is 2.67. The van der Waals surface area contributed by atoms with Gasteiger partial charge in [-0.15, -0.1) is 0 Å². The summed E-state index contributed by atoms with van der Waals surface area (Å²) in [7, 11) is 0. The summed E-state index contributed by atoms with van der Waals surface area (Å²) in [5.74, 6) is 3.16. The fourth-order valence-corrected chi connectivity index (χ4v) is 4.16. The molecule has 2 rings (SSSR count). The lowest BCUT2D eigenvalue weighted by Gasteiger charge is -2.33. The Labute approximate surface area is 111 Å². The topological polar surface area (TPSA) is 15.3 Å². The van der Waals surface area contributed by atoms with Gasteiger partial charge in [0.15, 0.2) is 0 Å². The first kappa shape index (κ1) is 13.7. The van der Waals surface area contributed by atoms with Crippen LogP contribution in [0.25, 0.3) is 0 Å². The largest absolute Gasteiger partial charge is 0.316 e. The first-order valence-electron chi connectivity index (χ1n) is 7.30. The summed E-state index contributed by atoms with van der Waals surface area (Å²) in [5.41, 5.74) is 0. The molecule has 2 aliphatic heterocycles. The van der Waals surface area contributed by atoms with E-state index >= 15 is 0 Å². The quantitative estimate of drug-likeness (QED) is 0.832. The van der Waals surface area contributed by atoms with Gasteiger partial charge < -0.3 is 10.2 Å². The lowest BCUT2D eigenvalue weighted by molar-refractivity contribution is 0.217. The molecule has 2 fully saturated rings. The van der Waals surface area contributed by atoms with Crippen LogP contribution in [0.4, 0.5) is 0 Å². The van der Waals surface area contributed by atoms with E-state index in [0.29, 0.717) is 0 Å². The SMILES string of the molecule is CC1CN(CCC(C)C2CCCNC2)CCS1. The van der Waals surface area contributed by atoms with Gasteiger partial charge >= 0.3 is 0 Å². The molecular formula is C14H28N2S. The molecule has 2 saturated heterocycles. The molecule has 100 valence electrons. The van der Waals surface area contributed by atoms with Gasteiger partial charge in [0.2, 0.25) is 0 Å². The molecule has 0 aliphatic carbocycles. The summed E-state index contributed by atoms with van der Waals surface area (Å²) in [6.07, 6.45) is 4.22. The Hall–Kier alpha value is 0.270. The molecule has 2 nitrogen and oxygen atoms in total. The van der Waals surface area contributed by atoms with E-state index in [9.17, 15) is 0 Å². The lowest BCUT2D eigenvalue weighted by atomic mass is 9.85. The number of hydrogen-bond acceptors (Lipinski definition) is 3. The fraction of sp³-hybridized carbons (Fsp3) is 1.00. The van der Waals surface area contributed by atoms with Crippen LogP contribution in [-0.4, -0.2) is 48.6 Å². The van der Waals surface area contributed by atoms with Gasteiger partial charge in [-0.3, -0.25) is 0 Å². The molecule has 2 aliphatic rings. The predicted molar refractivity (Wildman–Crippen MR) is 77.7 cm³/mol. The van der Waals surface area contributed by atoms with Gasteiger partial charge in [0.05, 0.1) is 0 Å². The van der Waals surface area contributed by atoms with Crippen LogP contribution in [0, 0.1) is 11.8 Å². The first-order chi connectivity index (χ1) is 8.25. The van der Waals surface area contributed by atoms with Crippen molar-refractivity contribution in [1.82, 2.24) is 10.2 Å². The van der Waals surface area contributed by atoms with E-state index in [1.807, 2.05) is 0 Å². The highest BCUT2D eigenvalue weighted by atomic mass is 32.2. The van der Waals surface area contributed by atoms with Crippen LogP contribution < -0.4 is 5.32 Å². The van der Waals surface area contributed by atoms with Crippen molar-refractivity contribution in [3.63, 3.8) is 0 Å². The van der Waals surface area contributed by atoms with Gasteiger partial charge in [0, 0.05) is 24.1 Å². The molecule has 1 N–H and O–H groups in total. The van der Waals surface area contributed by atoms with Crippen LogP contribution in [0.5, 0.6) is 0 Å². The number of piperidine rings is 1. The standard InChI is InChI=1S/C14H28N2S/c1-12(14-4-3-6-15-10-14)5-7-16-8-9-17-13(2)11-16/h12-15H,3-11H2,1-2H3. The summed E-state index contributed by atoms with van der Waals surface area (Å²) in [5, 5.41) is 4.39. The van der Waals surface area contributed by atoms with E-state index in [4.69, 9.17) is 0 Å². The van der Waals surface area contributed by atoms with Gasteiger partial charge in [0.25, 0.3) is 0 Å². The molecule has 0 saturated carbocycles. The maximum Gasteiger partial charge on any atom is 0.0147 e. The smallest absolute Gasteiger partial charge is 0.0147 e. The van der Waals surface area contributed by atoms with Crippen molar-refractivity contribution in [2.24, 2.45) is 11.8 Å². The van der Waals surface area contributed by atoms with Gasteiger partial charge in [-0.2, -0.15) is 11.8 Å². The highest BCUT2D eigenvalue weighted by molar-refractivity contribution is 7.99. The van der Waals surface area contributed by atoms with Crippen molar-refractivity contribution in [2.75, 3.05) is 38.5 Å². The molecule has 3 heteroatoms. The molecule has 0 radical (unpaired) electrons. The zero-order valence-electron chi connectivity index (χ0n) is 11.5. The van der Waals surface area contributed by atoms with Crippen LogP contribution in [-0.2, 0) is 0 Å². The zero-order chi connectivity index (χ0) is 12.1. The molecule has 0 amide bonds. The second kappa shape index (κ2) is 7.01. The van der Waals surface area contributed by atoms with E-state index in [-0.39, 0.29) is 0 Å². The molecule has 0 aromatic carbocycles. The Morgan fingerprint density at radius 2 is 2.35 bits per heavy atom. The van der Waals surface area contributed by atoms with Gasteiger partial charge in [0.1, 0.15) is 0 Å². The third-order valence-corrected chi connectivity index (χ3v) is 5.50. The Bertz CT molecular complexity index is 216. The summed E-state index contributed by atoms with van der Waals surface area (Å²) in [6, 6.07) is 0. The van der Waals surface area contributed by atoms with Crippen molar-refractivity contribution < 1.29 is 0 Å². The Balaban J connectivity index is 1.66. The van der Waals surface area contributed by atoms with Gasteiger partial charge in [-0.1, -0.05) is 13.8 Å². The van der Waals surface area contributed by atoms with Gasteiger partial charge in [-0.25, -0.2) is 0 Å². The Morgan fingerprint density at radius 1 is 1.47 bits per heavy atom. The zero-order valence-corrected chi connectivity index (χ0v) is 12.3. The van der Waals surface area contributed by atoms with Crippen LogP contribution in [0.3, 0.4) is 0 Å². The molecule has 3 atom stereocenters. The maximum atomic E-state index is 3.54. The fourth-order valence-electron chi connectivity index (χ4n) is 3.08. The predicted octanol–water partition coefficient (Wildman–Crippen LogP) is 2.45. The molecular weight excluding hydrogens is 228 g/mol. The van der Waals surface area contributed by atoms with Crippen LogP contribution in [0.15, 0.2) is 0 Å². The molecule has 2 heterocycles. The van der Waals surface area contributed by atoms with E-state index in [2.05, 4.69) is 35.8 Å². The summed E-state index contributed by atoms with van der Waals surface area (Å²) in [6.45, 7) is 11.3. The maximum absolute atomic E-state index is 3.54. The van der Waals surface area contributed by atoms with Gasteiger partial charge in [-0.05, 0) is 50.7 Å². The molecule has 0 aromatic heterocycles. The minimum atomic E-state index is 0.843. The molecule has 0 bridgehead atoms. The summed E-state index contributed by atoms with van der Waals surface area (Å²) >= 11 is 2.13. The van der Waals surface area contributed by atoms with Crippen LogP contribution in [0.2, 0.25) is 0 Å². The number of hydrogen-bond donors (Lipinski definition) is 1. The highest BCUT2D eigenvalue weighted by Gasteiger charge is 2.22. The van der Waals surface area contributed by atoms with Crippen molar-refractivity contribution in [1.29, 1.82) is 0 Å². The number of rotatable bonds is 4. The normalized spacial score (nSPS) is 33.5. The molecule has 0 aromatic rings. The van der Waals surface area contributed by atoms with E-state index in [1.54, 1.807) is 0 Å². The second-order valence-corrected chi connectivity index (χ2v) is 7.40. The average Bonchev–Trinajstić information content (AvgIpc) is 2.37. The first-order valence-corrected chi connectivity index (χ1v) is 8.35. The van der Waals surface area contributed by atoms with Crippen molar-refractivity contribution in [3.8, 4) is 0 Å². The average molecular weight is 256 g/mol. The number of nitrogens with one attached hydrogen (secondary N) is 1. The van der Waals surface area contributed by atoms with Crippen molar-refractivity contribution in [3.05, 3.63) is 0 Å². The van der Waals surface area contributed by atoms with E-state index < -0.39 is 0 Å². The number of thioether (sulfide) groups is 1. The molecule has 17 heavy (non-hydrogen) atoms. The number of nitrogens with zero attached hydrogens (tertiary/aromatic N) is 1. The van der Waals surface area contributed by atoms with E-state index in [0.717, 1.165) is 17.1 Å². The van der Waals surface area contributed by atoms with Crippen molar-refractivity contribution in [2.45, 2.75) is 38.4 Å². The third kappa shape index (κ3) is 4.46. The molecule has 0 spiro atoms. The van der Waals surface area contributed by atoms with Crippen molar-refractivity contribution >= 4 is 11.8 Å². The summed E-state index contributed by atoms with van der Waals surface area (Å²) < 4.78 is 0. The van der Waals surface area contributed by atoms with Crippen LogP contribution >= 0.6 is 11.8 Å².